The molecule has 1 aromatic heterocycles. The summed E-state index contributed by atoms with van der Waals surface area (Å²) >= 11 is 0. The van der Waals surface area contributed by atoms with Gasteiger partial charge in [0.2, 0.25) is 5.82 Å². The molecule has 0 aliphatic rings. The lowest BCUT2D eigenvalue weighted by Gasteiger charge is -1.77. The number of aromatic amines is 1. The van der Waals surface area contributed by atoms with Crippen molar-refractivity contribution in [1.82, 2.24) is 4.98 Å². The third-order valence-corrected chi connectivity index (χ3v) is 0.800. The van der Waals surface area contributed by atoms with Gasteiger partial charge in [0.15, 0.2) is 6.20 Å². The molecule has 1 rings (SSSR count). The first-order chi connectivity index (χ1) is 3.79. The molecular formula is C5H6FN2+. The minimum Gasteiger partial charge on any atom is -0.245 e. The van der Waals surface area contributed by atoms with Crippen molar-refractivity contribution in [2.45, 2.75) is 6.92 Å². The van der Waals surface area contributed by atoms with Crippen LogP contribution < -0.4 is 4.98 Å². The van der Waals surface area contributed by atoms with E-state index >= 15 is 0 Å². The number of rotatable bonds is 0. The van der Waals surface area contributed by atoms with Crippen molar-refractivity contribution in [2.24, 2.45) is 0 Å². The van der Waals surface area contributed by atoms with E-state index in [-0.39, 0.29) is 5.82 Å². The van der Waals surface area contributed by atoms with Crippen molar-refractivity contribution in [1.29, 1.82) is 0 Å². The lowest BCUT2D eigenvalue weighted by molar-refractivity contribution is -0.395. The number of hydrogen-bond acceptors (Lipinski definition) is 1. The van der Waals surface area contributed by atoms with E-state index in [1.807, 2.05) is 0 Å². The fourth-order valence-electron chi connectivity index (χ4n) is 0.406. The zero-order valence-electron chi connectivity index (χ0n) is 4.48. The topological polar surface area (TPSA) is 27.0 Å². The number of nitrogens with zero attached hydrogens (tertiary/aromatic N) is 1. The van der Waals surface area contributed by atoms with Crippen molar-refractivity contribution in [2.75, 3.05) is 0 Å². The molecule has 2 nitrogen and oxygen atoms in total. The summed E-state index contributed by atoms with van der Waals surface area (Å²) in [5.74, 6) is 0.377. The molecule has 3 heteroatoms. The highest BCUT2D eigenvalue weighted by Crippen LogP contribution is 1.84. The monoisotopic (exact) mass is 113 g/mol. The standard InChI is InChI=1S/C5H5FN2/c1-4-7-2-5(6)3-8-4/h2-3H,1H3/p+1. The predicted octanol–water partition coefficient (Wildman–Crippen LogP) is 0.343. The van der Waals surface area contributed by atoms with Gasteiger partial charge < -0.3 is 0 Å². The van der Waals surface area contributed by atoms with Gasteiger partial charge in [-0.25, -0.2) is 4.98 Å². The molecule has 1 N–H and O–H groups in total. The maximum Gasteiger partial charge on any atom is 0.293 e. The van der Waals surface area contributed by atoms with Crippen LogP contribution in [0.1, 0.15) is 5.82 Å². The molecule has 0 unspecified atom stereocenters. The largest absolute Gasteiger partial charge is 0.293 e. The van der Waals surface area contributed by atoms with Crippen LogP contribution in [0, 0.1) is 12.7 Å². The van der Waals surface area contributed by atoms with E-state index in [2.05, 4.69) is 9.97 Å². The lowest BCUT2D eigenvalue weighted by atomic mass is 10.6. The molecule has 0 amide bonds. The molecule has 1 aromatic rings. The van der Waals surface area contributed by atoms with Crippen molar-refractivity contribution >= 4 is 0 Å². The van der Waals surface area contributed by atoms with Crippen molar-refractivity contribution in [3.8, 4) is 0 Å². The predicted molar refractivity (Wildman–Crippen MR) is 25.5 cm³/mol. The first-order valence-corrected chi connectivity index (χ1v) is 2.29. The Hall–Kier alpha value is -0.990. The second-order valence-corrected chi connectivity index (χ2v) is 1.52. The smallest absolute Gasteiger partial charge is 0.245 e. The van der Waals surface area contributed by atoms with Crippen LogP contribution in [0.25, 0.3) is 0 Å². The fourth-order valence-corrected chi connectivity index (χ4v) is 0.406. The Morgan fingerprint density at radius 3 is 2.88 bits per heavy atom. The maximum absolute atomic E-state index is 12.0. The molecule has 0 aliphatic heterocycles. The Labute approximate surface area is 46.4 Å². The average Bonchev–Trinajstić information content (AvgIpc) is 1.77. The molecule has 8 heavy (non-hydrogen) atoms. The van der Waals surface area contributed by atoms with Gasteiger partial charge in [0, 0.05) is 6.92 Å². The number of aromatic nitrogens is 2. The highest BCUT2D eigenvalue weighted by Gasteiger charge is 1.95. The quantitative estimate of drug-likeness (QED) is 0.476. The van der Waals surface area contributed by atoms with E-state index in [0.29, 0.717) is 5.82 Å². The summed E-state index contributed by atoms with van der Waals surface area (Å²) < 4.78 is 12.0. The highest BCUT2D eigenvalue weighted by atomic mass is 19.1. The van der Waals surface area contributed by atoms with E-state index in [1.165, 1.54) is 12.4 Å². The van der Waals surface area contributed by atoms with E-state index in [9.17, 15) is 4.39 Å². The summed E-state index contributed by atoms with van der Waals surface area (Å²) in [6.07, 6.45) is 2.44. The summed E-state index contributed by atoms with van der Waals surface area (Å²) in [4.78, 5) is 6.26. The summed E-state index contributed by atoms with van der Waals surface area (Å²) in [5, 5.41) is 0. The minimum absolute atomic E-state index is 0.337. The van der Waals surface area contributed by atoms with Crippen LogP contribution in [0.3, 0.4) is 0 Å². The van der Waals surface area contributed by atoms with Gasteiger partial charge in [0.1, 0.15) is 6.20 Å². The second kappa shape index (κ2) is 1.86. The van der Waals surface area contributed by atoms with Gasteiger partial charge in [-0.1, -0.05) is 4.98 Å². The molecule has 0 aliphatic carbocycles. The highest BCUT2D eigenvalue weighted by molar-refractivity contribution is 4.79. The number of hydrogen-bond donors (Lipinski definition) is 0. The van der Waals surface area contributed by atoms with Crippen LogP contribution in [-0.4, -0.2) is 4.98 Å². The van der Waals surface area contributed by atoms with Crippen LogP contribution in [0.4, 0.5) is 4.39 Å². The minimum atomic E-state index is -0.337. The van der Waals surface area contributed by atoms with Gasteiger partial charge in [-0.3, -0.25) is 0 Å². The molecule has 0 aromatic carbocycles. The number of aryl methyl sites for hydroxylation is 1. The molecule has 0 fully saturated rings. The van der Waals surface area contributed by atoms with Gasteiger partial charge in [-0.15, -0.1) is 0 Å². The van der Waals surface area contributed by atoms with E-state index in [0.717, 1.165) is 0 Å². The maximum atomic E-state index is 12.0. The van der Waals surface area contributed by atoms with E-state index in [4.69, 9.17) is 0 Å². The molecule has 0 spiro atoms. The van der Waals surface area contributed by atoms with Gasteiger partial charge in [0.25, 0.3) is 5.82 Å². The van der Waals surface area contributed by atoms with E-state index < -0.39 is 0 Å². The van der Waals surface area contributed by atoms with Crippen LogP contribution in [0.15, 0.2) is 12.4 Å². The van der Waals surface area contributed by atoms with Crippen LogP contribution in [-0.2, 0) is 0 Å². The zero-order chi connectivity index (χ0) is 5.98. The Bertz CT molecular complexity index is 149. The molecule has 0 atom stereocenters. The van der Waals surface area contributed by atoms with Crippen molar-refractivity contribution in [3.05, 3.63) is 24.0 Å². The molecule has 0 radical (unpaired) electrons. The van der Waals surface area contributed by atoms with Gasteiger partial charge in [-0.05, 0) is 0 Å². The molecule has 0 bridgehead atoms. The normalized spacial score (nSPS) is 9.25. The molecular weight excluding hydrogens is 107 g/mol. The van der Waals surface area contributed by atoms with Gasteiger partial charge >= 0.3 is 0 Å². The van der Waals surface area contributed by atoms with Crippen LogP contribution in [0.2, 0.25) is 0 Å². The Morgan fingerprint density at radius 1 is 1.75 bits per heavy atom. The third kappa shape index (κ3) is 0.992. The zero-order valence-corrected chi connectivity index (χ0v) is 4.48. The summed E-state index contributed by atoms with van der Waals surface area (Å²) in [6.45, 7) is 1.76. The molecule has 42 valence electrons. The molecule has 1 heterocycles. The van der Waals surface area contributed by atoms with Crippen LogP contribution >= 0.6 is 0 Å². The Kier molecular flexibility index (Phi) is 1.20. The van der Waals surface area contributed by atoms with Crippen LogP contribution in [0.5, 0.6) is 0 Å². The molecule has 0 saturated heterocycles. The SMILES string of the molecule is Cc1ncc(F)c[nH+]1. The third-order valence-electron chi connectivity index (χ3n) is 0.800. The van der Waals surface area contributed by atoms with Crippen molar-refractivity contribution < 1.29 is 9.37 Å². The fraction of sp³-hybridized carbons (Fsp3) is 0.200. The van der Waals surface area contributed by atoms with Crippen molar-refractivity contribution in [3.63, 3.8) is 0 Å². The first-order valence-electron chi connectivity index (χ1n) is 2.29. The number of H-pyrrole nitrogens is 1. The Morgan fingerprint density at radius 2 is 2.50 bits per heavy atom. The van der Waals surface area contributed by atoms with Gasteiger partial charge in [-0.2, -0.15) is 4.39 Å². The summed E-state index contributed by atoms with van der Waals surface area (Å²) in [6, 6.07) is 0. The average molecular weight is 113 g/mol. The van der Waals surface area contributed by atoms with Gasteiger partial charge in [0.05, 0.1) is 0 Å². The first kappa shape index (κ1) is 5.15. The Balaban J connectivity index is 3.03. The second-order valence-electron chi connectivity index (χ2n) is 1.52. The van der Waals surface area contributed by atoms with E-state index in [1.54, 1.807) is 6.92 Å². The lowest BCUT2D eigenvalue weighted by Crippen LogP contribution is -2.08. The summed E-state index contributed by atoms with van der Waals surface area (Å²) in [7, 11) is 0. The number of halogens is 1. The number of nitrogens with one attached hydrogen (secondary N) is 1. The summed E-state index contributed by atoms with van der Waals surface area (Å²) in [5.41, 5.74) is 0. The molecule has 0 saturated carbocycles.